The van der Waals surface area contributed by atoms with Crippen molar-refractivity contribution in [3.63, 3.8) is 0 Å². The molecule has 0 aromatic carbocycles. The predicted molar refractivity (Wildman–Crippen MR) is 125 cm³/mol. The van der Waals surface area contributed by atoms with Crippen LogP contribution in [0, 0.1) is 17.8 Å². The average Bonchev–Trinajstić information content (AvgIpc) is 3.33. The molecule has 6 heteroatoms. The van der Waals surface area contributed by atoms with Gasteiger partial charge < -0.3 is 24.4 Å². The zero-order valence-corrected chi connectivity index (χ0v) is 20.5. The van der Waals surface area contributed by atoms with Crippen LogP contribution in [0.2, 0.25) is 0 Å². The number of allylic oxidation sites excluding steroid dienone is 2. The van der Waals surface area contributed by atoms with E-state index in [0.717, 1.165) is 44.9 Å². The molecule has 2 N–H and O–H groups in total. The Morgan fingerprint density at radius 1 is 1.12 bits per heavy atom. The van der Waals surface area contributed by atoms with Crippen LogP contribution in [0.25, 0.3) is 0 Å². The first-order valence-corrected chi connectivity index (χ1v) is 12.8. The van der Waals surface area contributed by atoms with Crippen molar-refractivity contribution >= 4 is 5.97 Å². The second kappa shape index (κ2) is 14.3. The standard InChI is InChI=1S/C26H46O6/c1-4-5-10-14-26(30-16-17-31-26)15-13-22-21(19-27)18-24(28)23(22)11-8-6-7-9-12-25(29)32-20(2)3/h6,8,20-24,27-28H,4-5,7,9-19H2,1-3H3/t21-,22-,23+,24-/m0/s1. The number of ether oxygens (including phenoxy) is 3. The van der Waals surface area contributed by atoms with Crippen molar-refractivity contribution in [2.75, 3.05) is 19.8 Å². The molecule has 2 aliphatic rings. The van der Waals surface area contributed by atoms with Gasteiger partial charge >= 0.3 is 5.97 Å². The van der Waals surface area contributed by atoms with Crippen molar-refractivity contribution in [1.29, 1.82) is 0 Å². The van der Waals surface area contributed by atoms with Crippen LogP contribution in [0.5, 0.6) is 0 Å². The number of hydrogen-bond donors (Lipinski definition) is 2. The van der Waals surface area contributed by atoms with Gasteiger partial charge in [0.1, 0.15) is 0 Å². The molecule has 1 saturated heterocycles. The SMILES string of the molecule is CCCCCC1(CC[C@H]2[C@H](CO)C[C@H](O)[C@@H]2CC=CCCCC(=O)OC(C)C)OCCO1. The van der Waals surface area contributed by atoms with Gasteiger partial charge in [0.25, 0.3) is 0 Å². The minimum absolute atomic E-state index is 0.0656. The molecule has 0 aromatic rings. The van der Waals surface area contributed by atoms with Crippen molar-refractivity contribution in [3.8, 4) is 0 Å². The van der Waals surface area contributed by atoms with E-state index in [1.54, 1.807) is 0 Å². The normalized spacial score (nSPS) is 27.6. The third-order valence-electron chi connectivity index (χ3n) is 6.96. The number of hydrogen-bond acceptors (Lipinski definition) is 6. The molecule has 1 saturated carbocycles. The lowest BCUT2D eigenvalue weighted by molar-refractivity contribution is -0.171. The van der Waals surface area contributed by atoms with Crippen LogP contribution in [0.4, 0.5) is 0 Å². The molecule has 1 aliphatic carbocycles. The summed E-state index contributed by atoms with van der Waals surface area (Å²) in [6.07, 6.45) is 13.4. The highest BCUT2D eigenvalue weighted by Gasteiger charge is 2.44. The van der Waals surface area contributed by atoms with Crippen molar-refractivity contribution in [2.24, 2.45) is 17.8 Å². The van der Waals surface area contributed by atoms with E-state index >= 15 is 0 Å². The third-order valence-corrected chi connectivity index (χ3v) is 6.96. The smallest absolute Gasteiger partial charge is 0.306 e. The molecule has 0 amide bonds. The molecule has 2 rings (SSSR count). The first kappa shape index (κ1) is 27.3. The van der Waals surface area contributed by atoms with Crippen LogP contribution in [-0.2, 0) is 19.0 Å². The highest BCUT2D eigenvalue weighted by atomic mass is 16.7. The molecule has 4 atom stereocenters. The minimum Gasteiger partial charge on any atom is -0.463 e. The molecule has 32 heavy (non-hydrogen) atoms. The molecule has 1 aliphatic heterocycles. The van der Waals surface area contributed by atoms with E-state index in [4.69, 9.17) is 14.2 Å². The summed E-state index contributed by atoms with van der Waals surface area (Å²) in [4.78, 5) is 11.6. The number of aliphatic hydroxyl groups excluding tert-OH is 2. The largest absolute Gasteiger partial charge is 0.463 e. The van der Waals surface area contributed by atoms with Crippen LogP contribution in [0.15, 0.2) is 12.2 Å². The Morgan fingerprint density at radius 3 is 2.53 bits per heavy atom. The quantitative estimate of drug-likeness (QED) is 0.211. The maximum absolute atomic E-state index is 11.6. The van der Waals surface area contributed by atoms with Gasteiger partial charge in [0, 0.05) is 25.9 Å². The number of rotatable bonds is 15. The fourth-order valence-corrected chi connectivity index (χ4v) is 5.29. The van der Waals surface area contributed by atoms with E-state index in [1.807, 2.05) is 13.8 Å². The zero-order chi connectivity index (χ0) is 23.4. The van der Waals surface area contributed by atoms with Gasteiger partial charge in [-0.25, -0.2) is 0 Å². The van der Waals surface area contributed by atoms with Crippen LogP contribution < -0.4 is 0 Å². The summed E-state index contributed by atoms with van der Waals surface area (Å²) < 4.78 is 17.3. The van der Waals surface area contributed by atoms with E-state index in [1.165, 1.54) is 12.8 Å². The van der Waals surface area contributed by atoms with E-state index in [0.29, 0.717) is 26.1 Å². The van der Waals surface area contributed by atoms with Gasteiger partial charge in [0.2, 0.25) is 0 Å². The van der Waals surface area contributed by atoms with E-state index in [9.17, 15) is 15.0 Å². The van der Waals surface area contributed by atoms with Crippen LogP contribution >= 0.6 is 0 Å². The van der Waals surface area contributed by atoms with Gasteiger partial charge in [0.15, 0.2) is 5.79 Å². The maximum atomic E-state index is 11.6. The Bertz CT molecular complexity index is 555. The Balaban J connectivity index is 1.84. The fraction of sp³-hybridized carbons (Fsp3) is 0.885. The summed E-state index contributed by atoms with van der Waals surface area (Å²) in [5, 5.41) is 20.6. The first-order valence-electron chi connectivity index (χ1n) is 12.8. The lowest BCUT2D eigenvalue weighted by Gasteiger charge is -2.31. The second-order valence-corrected chi connectivity index (χ2v) is 9.81. The van der Waals surface area contributed by atoms with Crippen LogP contribution in [-0.4, -0.2) is 54.0 Å². The Kier molecular flexibility index (Phi) is 12.2. The summed E-state index contributed by atoms with van der Waals surface area (Å²) in [6.45, 7) is 7.34. The number of unbranched alkanes of at least 4 members (excludes halogenated alkanes) is 3. The highest BCUT2D eigenvalue weighted by Crippen LogP contribution is 2.44. The van der Waals surface area contributed by atoms with E-state index in [-0.39, 0.29) is 42.5 Å². The van der Waals surface area contributed by atoms with Crippen LogP contribution in [0.1, 0.15) is 91.4 Å². The molecule has 0 aromatic heterocycles. The highest BCUT2D eigenvalue weighted by molar-refractivity contribution is 5.69. The Morgan fingerprint density at radius 2 is 1.88 bits per heavy atom. The minimum atomic E-state index is -0.478. The molecule has 0 bridgehead atoms. The Labute approximate surface area is 194 Å². The number of carbonyl (C=O) groups excluding carboxylic acids is 1. The molecule has 0 unspecified atom stereocenters. The summed E-state index contributed by atoms with van der Waals surface area (Å²) in [5.41, 5.74) is 0. The fourth-order valence-electron chi connectivity index (χ4n) is 5.29. The summed E-state index contributed by atoms with van der Waals surface area (Å²) in [6, 6.07) is 0. The zero-order valence-electron chi connectivity index (χ0n) is 20.5. The van der Waals surface area contributed by atoms with Crippen molar-refractivity contribution in [1.82, 2.24) is 0 Å². The van der Waals surface area contributed by atoms with Gasteiger partial charge in [-0.2, -0.15) is 0 Å². The average molecular weight is 455 g/mol. The molecular formula is C26H46O6. The topological polar surface area (TPSA) is 85.2 Å². The summed E-state index contributed by atoms with van der Waals surface area (Å²) in [7, 11) is 0. The molecule has 0 radical (unpaired) electrons. The molecular weight excluding hydrogens is 408 g/mol. The predicted octanol–water partition coefficient (Wildman–Crippen LogP) is 4.76. The third kappa shape index (κ3) is 8.77. The van der Waals surface area contributed by atoms with Gasteiger partial charge in [-0.05, 0) is 70.1 Å². The molecule has 186 valence electrons. The number of aliphatic hydroxyl groups is 2. The number of carbonyl (C=O) groups is 1. The Hall–Kier alpha value is -0.950. The molecule has 0 spiro atoms. The van der Waals surface area contributed by atoms with Gasteiger partial charge in [-0.15, -0.1) is 0 Å². The summed E-state index contributed by atoms with van der Waals surface area (Å²) >= 11 is 0. The van der Waals surface area contributed by atoms with Gasteiger partial charge in [0.05, 0.1) is 25.4 Å². The summed E-state index contributed by atoms with van der Waals surface area (Å²) in [5.74, 6) is -0.0915. The van der Waals surface area contributed by atoms with E-state index in [2.05, 4.69) is 19.1 Å². The van der Waals surface area contributed by atoms with Gasteiger partial charge in [-0.1, -0.05) is 31.9 Å². The van der Waals surface area contributed by atoms with Crippen molar-refractivity contribution < 1.29 is 29.2 Å². The first-order chi connectivity index (χ1) is 15.4. The van der Waals surface area contributed by atoms with Crippen molar-refractivity contribution in [2.45, 2.75) is 109 Å². The van der Waals surface area contributed by atoms with Gasteiger partial charge in [-0.3, -0.25) is 4.79 Å². The second-order valence-electron chi connectivity index (χ2n) is 9.81. The maximum Gasteiger partial charge on any atom is 0.306 e. The van der Waals surface area contributed by atoms with E-state index < -0.39 is 5.79 Å². The lowest BCUT2D eigenvalue weighted by atomic mass is 9.82. The molecule has 6 nitrogen and oxygen atoms in total. The van der Waals surface area contributed by atoms with Crippen molar-refractivity contribution in [3.05, 3.63) is 12.2 Å². The molecule has 2 fully saturated rings. The monoisotopic (exact) mass is 454 g/mol. The molecule has 1 heterocycles. The lowest BCUT2D eigenvalue weighted by Crippen LogP contribution is -2.32. The van der Waals surface area contributed by atoms with Crippen LogP contribution in [0.3, 0.4) is 0 Å². The number of esters is 1.